The Hall–Kier alpha value is -2.75. The number of pyridine rings is 1. The lowest BCUT2D eigenvalue weighted by molar-refractivity contribution is -0.137. The van der Waals surface area contributed by atoms with Crippen molar-refractivity contribution in [3.63, 3.8) is 0 Å². The van der Waals surface area contributed by atoms with Crippen molar-refractivity contribution in [1.29, 1.82) is 0 Å². The normalized spacial score (nSPS) is 11.6. The third kappa shape index (κ3) is 4.51. The Kier molecular flexibility index (Phi) is 5.54. The van der Waals surface area contributed by atoms with Gasteiger partial charge in [0.2, 0.25) is 5.95 Å². The highest BCUT2D eigenvalue weighted by Gasteiger charge is 2.31. The zero-order chi connectivity index (χ0) is 19.4. The topological polar surface area (TPSA) is 79.8 Å². The van der Waals surface area contributed by atoms with Gasteiger partial charge in [-0.15, -0.1) is 11.3 Å². The summed E-state index contributed by atoms with van der Waals surface area (Å²) in [7, 11) is 0. The van der Waals surface area contributed by atoms with E-state index in [2.05, 4.69) is 25.6 Å². The van der Waals surface area contributed by atoms with Gasteiger partial charge in [0, 0.05) is 25.5 Å². The molecule has 1 amide bonds. The molecule has 10 heteroatoms. The van der Waals surface area contributed by atoms with E-state index in [0.717, 1.165) is 18.7 Å². The maximum Gasteiger partial charge on any atom is 0.417 e. The highest BCUT2D eigenvalue weighted by Crippen LogP contribution is 2.29. The Labute approximate surface area is 156 Å². The molecule has 0 aliphatic carbocycles. The fraction of sp³-hybridized carbons (Fsp3) is 0.294. The summed E-state index contributed by atoms with van der Waals surface area (Å²) in [5.74, 6) is -0.143. The first-order valence-electron chi connectivity index (χ1n) is 8.17. The number of fused-ring (bicyclic) bond motifs is 1. The number of carbonyl (C=O) groups excluding carboxylic acids is 1. The second-order valence-corrected chi connectivity index (χ2v) is 6.64. The number of nitrogens with zero attached hydrogens (tertiary/aromatic N) is 3. The Bertz CT molecular complexity index is 957. The van der Waals surface area contributed by atoms with E-state index in [1.807, 2.05) is 6.92 Å². The molecule has 0 atom stereocenters. The van der Waals surface area contributed by atoms with Gasteiger partial charge >= 0.3 is 6.18 Å². The molecule has 0 spiro atoms. The van der Waals surface area contributed by atoms with Crippen LogP contribution in [0.5, 0.6) is 0 Å². The van der Waals surface area contributed by atoms with Crippen LogP contribution in [-0.4, -0.2) is 27.4 Å². The summed E-state index contributed by atoms with van der Waals surface area (Å²) in [6, 6.07) is 2.77. The van der Waals surface area contributed by atoms with E-state index in [0.29, 0.717) is 22.3 Å². The second-order valence-electron chi connectivity index (χ2n) is 5.72. The molecule has 3 aromatic rings. The smallest absolute Gasteiger partial charge is 0.351 e. The van der Waals surface area contributed by atoms with Gasteiger partial charge in [-0.3, -0.25) is 9.78 Å². The molecule has 0 unspecified atom stereocenters. The summed E-state index contributed by atoms with van der Waals surface area (Å²) in [4.78, 5) is 24.5. The Morgan fingerprint density at radius 3 is 2.81 bits per heavy atom. The number of aromatic nitrogens is 3. The van der Waals surface area contributed by atoms with Gasteiger partial charge in [-0.25, -0.2) is 9.97 Å². The van der Waals surface area contributed by atoms with Crippen molar-refractivity contribution in [2.45, 2.75) is 26.1 Å². The van der Waals surface area contributed by atoms with E-state index in [4.69, 9.17) is 0 Å². The number of hydrogen-bond donors (Lipinski definition) is 2. The van der Waals surface area contributed by atoms with Gasteiger partial charge in [0.1, 0.15) is 0 Å². The first kappa shape index (κ1) is 19.0. The van der Waals surface area contributed by atoms with Crippen LogP contribution in [0.2, 0.25) is 0 Å². The van der Waals surface area contributed by atoms with Crippen LogP contribution >= 0.6 is 11.3 Å². The lowest BCUT2D eigenvalue weighted by Crippen LogP contribution is -2.25. The Balaban J connectivity index is 1.82. The molecule has 0 radical (unpaired) electrons. The third-order valence-corrected chi connectivity index (χ3v) is 4.54. The number of amides is 1. The van der Waals surface area contributed by atoms with Crippen molar-refractivity contribution in [1.82, 2.24) is 20.3 Å². The van der Waals surface area contributed by atoms with E-state index in [-0.39, 0.29) is 24.1 Å². The summed E-state index contributed by atoms with van der Waals surface area (Å²) < 4.78 is 39.0. The average Bonchev–Trinajstić information content (AvgIpc) is 3.12. The average molecular weight is 395 g/mol. The number of hydrogen-bond acceptors (Lipinski definition) is 6. The van der Waals surface area contributed by atoms with Crippen LogP contribution in [0.15, 0.2) is 29.9 Å². The number of halogens is 3. The van der Waals surface area contributed by atoms with Crippen molar-refractivity contribution in [2.24, 2.45) is 0 Å². The number of nitrogens with one attached hydrogen (secondary N) is 2. The standard InChI is InChI=1S/C17H16F3N5OS/c1-2-4-22-15(26)13-14-12(3-5-27-14)24-16(25-13)23-8-10-6-11(9-21-7-10)17(18,19)20/h3,5-7,9H,2,4,8H2,1H3,(H,22,26)(H,23,24,25). The van der Waals surface area contributed by atoms with Gasteiger partial charge in [0.05, 0.1) is 15.8 Å². The fourth-order valence-electron chi connectivity index (χ4n) is 2.34. The predicted octanol–water partition coefficient (Wildman–Crippen LogP) is 3.86. The molecule has 0 saturated carbocycles. The van der Waals surface area contributed by atoms with E-state index in [9.17, 15) is 18.0 Å². The number of alkyl halides is 3. The minimum absolute atomic E-state index is 0.0442. The molecule has 142 valence electrons. The molecule has 27 heavy (non-hydrogen) atoms. The molecule has 0 aromatic carbocycles. The molecule has 3 aromatic heterocycles. The number of carbonyl (C=O) groups is 1. The van der Waals surface area contributed by atoms with Gasteiger partial charge in [-0.05, 0) is 29.5 Å². The number of thiophene rings is 1. The van der Waals surface area contributed by atoms with Crippen LogP contribution in [0.1, 0.15) is 35.0 Å². The molecule has 0 aliphatic rings. The van der Waals surface area contributed by atoms with Crippen molar-refractivity contribution in [2.75, 3.05) is 11.9 Å². The molecular formula is C17H16F3N5OS. The maximum atomic E-state index is 12.8. The minimum atomic E-state index is -4.46. The van der Waals surface area contributed by atoms with Gasteiger partial charge in [0.15, 0.2) is 5.69 Å². The van der Waals surface area contributed by atoms with Gasteiger partial charge < -0.3 is 10.6 Å². The molecular weight excluding hydrogens is 379 g/mol. The highest BCUT2D eigenvalue weighted by molar-refractivity contribution is 7.17. The zero-order valence-electron chi connectivity index (χ0n) is 14.3. The maximum absolute atomic E-state index is 12.8. The summed E-state index contributed by atoms with van der Waals surface area (Å²) in [6.07, 6.45) is -1.56. The minimum Gasteiger partial charge on any atom is -0.351 e. The van der Waals surface area contributed by atoms with E-state index < -0.39 is 11.7 Å². The van der Waals surface area contributed by atoms with Crippen LogP contribution in [-0.2, 0) is 12.7 Å². The van der Waals surface area contributed by atoms with Crippen LogP contribution in [0.4, 0.5) is 19.1 Å². The molecule has 2 N–H and O–H groups in total. The summed E-state index contributed by atoms with van der Waals surface area (Å²) in [6.45, 7) is 2.51. The molecule has 0 bridgehead atoms. The monoisotopic (exact) mass is 395 g/mol. The zero-order valence-corrected chi connectivity index (χ0v) is 15.1. The van der Waals surface area contributed by atoms with Gasteiger partial charge in [-0.2, -0.15) is 13.2 Å². The lowest BCUT2D eigenvalue weighted by Gasteiger charge is -2.10. The van der Waals surface area contributed by atoms with Gasteiger partial charge in [0.25, 0.3) is 5.91 Å². The van der Waals surface area contributed by atoms with E-state index in [1.54, 1.807) is 11.4 Å². The molecule has 0 fully saturated rings. The van der Waals surface area contributed by atoms with Crippen LogP contribution in [0, 0.1) is 0 Å². The summed E-state index contributed by atoms with van der Waals surface area (Å²) in [5.41, 5.74) is 0.348. The van der Waals surface area contributed by atoms with Crippen molar-refractivity contribution >= 4 is 33.4 Å². The third-order valence-electron chi connectivity index (χ3n) is 3.63. The van der Waals surface area contributed by atoms with E-state index in [1.165, 1.54) is 17.5 Å². The van der Waals surface area contributed by atoms with Gasteiger partial charge in [-0.1, -0.05) is 6.92 Å². The van der Waals surface area contributed by atoms with Crippen LogP contribution in [0.25, 0.3) is 10.2 Å². The first-order valence-corrected chi connectivity index (χ1v) is 9.05. The van der Waals surface area contributed by atoms with Crippen LogP contribution < -0.4 is 10.6 Å². The summed E-state index contributed by atoms with van der Waals surface area (Å²) in [5, 5.41) is 7.44. The van der Waals surface area contributed by atoms with E-state index >= 15 is 0 Å². The van der Waals surface area contributed by atoms with Crippen molar-refractivity contribution in [3.05, 3.63) is 46.7 Å². The Morgan fingerprint density at radius 1 is 1.26 bits per heavy atom. The predicted molar refractivity (Wildman–Crippen MR) is 96.6 cm³/mol. The highest BCUT2D eigenvalue weighted by atomic mass is 32.1. The number of rotatable bonds is 6. The Morgan fingerprint density at radius 2 is 2.07 bits per heavy atom. The SMILES string of the molecule is CCCNC(=O)c1nc(NCc2cncc(C(F)(F)F)c2)nc2ccsc12. The molecule has 0 aliphatic heterocycles. The second kappa shape index (κ2) is 7.87. The van der Waals surface area contributed by atoms with Crippen molar-refractivity contribution in [3.8, 4) is 0 Å². The lowest BCUT2D eigenvalue weighted by atomic mass is 10.2. The fourth-order valence-corrected chi connectivity index (χ4v) is 3.16. The number of anilines is 1. The molecule has 6 nitrogen and oxygen atoms in total. The van der Waals surface area contributed by atoms with Crippen molar-refractivity contribution < 1.29 is 18.0 Å². The first-order chi connectivity index (χ1) is 12.9. The molecule has 3 rings (SSSR count). The largest absolute Gasteiger partial charge is 0.417 e. The quantitative estimate of drug-likeness (QED) is 0.663. The molecule has 3 heterocycles. The molecule has 0 saturated heterocycles. The summed E-state index contributed by atoms with van der Waals surface area (Å²) >= 11 is 1.35. The van der Waals surface area contributed by atoms with Crippen LogP contribution in [0.3, 0.4) is 0 Å².